The van der Waals surface area contributed by atoms with E-state index in [-0.39, 0.29) is 5.69 Å². The fourth-order valence-corrected chi connectivity index (χ4v) is 1.08. The van der Waals surface area contributed by atoms with Crippen LogP contribution in [0.25, 0.3) is 0 Å². The van der Waals surface area contributed by atoms with Crippen LogP contribution in [0.4, 0.5) is 5.69 Å². The second-order valence-corrected chi connectivity index (χ2v) is 2.70. The van der Waals surface area contributed by atoms with Gasteiger partial charge < -0.3 is 0 Å². The van der Waals surface area contributed by atoms with E-state index >= 15 is 0 Å². The summed E-state index contributed by atoms with van der Waals surface area (Å²) in [6.45, 7) is 5.22. The molecule has 0 unspecified atom stereocenters. The molecule has 0 aliphatic rings. The Bertz CT molecular complexity index is 320. The van der Waals surface area contributed by atoms with Gasteiger partial charge >= 0.3 is 0 Å². The molecule has 0 amide bonds. The van der Waals surface area contributed by atoms with Gasteiger partial charge in [-0.15, -0.1) is 0 Å². The molecular formula is C10H10NO2. The quantitative estimate of drug-likeness (QED) is 0.522. The number of non-ortho nitro benzene ring substituents is 1. The summed E-state index contributed by atoms with van der Waals surface area (Å²) in [4.78, 5) is 10.0. The third kappa shape index (κ3) is 2.71. The maximum Gasteiger partial charge on any atom is 0.269 e. The van der Waals surface area contributed by atoms with Crippen LogP contribution >= 0.6 is 0 Å². The zero-order chi connectivity index (χ0) is 9.68. The first-order chi connectivity index (χ1) is 6.24. The van der Waals surface area contributed by atoms with Gasteiger partial charge in [0.15, 0.2) is 0 Å². The van der Waals surface area contributed by atoms with Crippen LogP contribution in [-0.4, -0.2) is 4.92 Å². The highest BCUT2D eigenvalue weighted by Crippen LogP contribution is 2.14. The van der Waals surface area contributed by atoms with Gasteiger partial charge in [0.2, 0.25) is 0 Å². The third-order valence-corrected chi connectivity index (χ3v) is 1.72. The summed E-state index contributed by atoms with van der Waals surface area (Å²) < 4.78 is 0. The summed E-state index contributed by atoms with van der Waals surface area (Å²) in [5.74, 6) is 0. The van der Waals surface area contributed by atoms with E-state index in [1.807, 2.05) is 6.07 Å². The van der Waals surface area contributed by atoms with Crippen LogP contribution < -0.4 is 0 Å². The molecule has 0 aromatic heterocycles. The fourth-order valence-electron chi connectivity index (χ4n) is 1.08. The predicted octanol–water partition coefficient (Wildman–Crippen LogP) is 2.52. The molecule has 1 aromatic carbocycles. The van der Waals surface area contributed by atoms with Crippen molar-refractivity contribution in [2.24, 2.45) is 0 Å². The minimum absolute atomic E-state index is 0.134. The molecule has 0 heterocycles. The van der Waals surface area contributed by atoms with Crippen molar-refractivity contribution in [1.82, 2.24) is 0 Å². The number of benzene rings is 1. The van der Waals surface area contributed by atoms with Crippen molar-refractivity contribution in [2.75, 3.05) is 0 Å². The Hall–Kier alpha value is -1.64. The number of aryl methyl sites for hydroxylation is 1. The number of hydrogen-bond donors (Lipinski definition) is 0. The summed E-state index contributed by atoms with van der Waals surface area (Å²) >= 11 is 0. The van der Waals surface area contributed by atoms with Gasteiger partial charge in [-0.1, -0.05) is 24.8 Å². The Morgan fingerprint density at radius 1 is 1.54 bits per heavy atom. The number of nitrogens with zero attached hydrogens (tertiary/aromatic N) is 1. The highest BCUT2D eigenvalue weighted by molar-refractivity contribution is 5.34. The van der Waals surface area contributed by atoms with E-state index in [4.69, 9.17) is 6.58 Å². The van der Waals surface area contributed by atoms with Gasteiger partial charge in [0.25, 0.3) is 5.69 Å². The van der Waals surface area contributed by atoms with Crippen LogP contribution in [0.1, 0.15) is 12.0 Å². The lowest BCUT2D eigenvalue weighted by Gasteiger charge is -1.97. The smallest absolute Gasteiger partial charge is 0.258 e. The van der Waals surface area contributed by atoms with Crippen molar-refractivity contribution < 1.29 is 4.92 Å². The van der Waals surface area contributed by atoms with E-state index in [0.29, 0.717) is 0 Å². The molecule has 0 atom stereocenters. The van der Waals surface area contributed by atoms with Crippen molar-refractivity contribution in [3.05, 3.63) is 52.6 Å². The van der Waals surface area contributed by atoms with Crippen LogP contribution in [0.15, 0.2) is 30.3 Å². The number of hydrogen-bond acceptors (Lipinski definition) is 2. The van der Waals surface area contributed by atoms with Crippen LogP contribution in [0.5, 0.6) is 0 Å². The normalized spacial score (nSPS) is 9.54. The Labute approximate surface area is 76.9 Å². The van der Waals surface area contributed by atoms with Gasteiger partial charge in [0.05, 0.1) is 4.92 Å². The number of rotatable bonds is 4. The van der Waals surface area contributed by atoms with Gasteiger partial charge in [0, 0.05) is 12.1 Å². The van der Waals surface area contributed by atoms with Gasteiger partial charge in [-0.25, -0.2) is 0 Å². The van der Waals surface area contributed by atoms with Crippen LogP contribution in [0, 0.1) is 16.7 Å². The Balaban J connectivity index is 2.79. The minimum atomic E-state index is -0.393. The van der Waals surface area contributed by atoms with E-state index < -0.39 is 4.92 Å². The molecule has 0 saturated heterocycles. The molecule has 0 fully saturated rings. The standard InChI is InChI=1S/C10H10NO2/c1-2-3-5-9-6-4-7-10(8-9)11(12)13/h1-2,4,6-8H,3,5H2. The summed E-state index contributed by atoms with van der Waals surface area (Å²) in [7, 11) is 0. The lowest BCUT2D eigenvalue weighted by atomic mass is 10.1. The Morgan fingerprint density at radius 3 is 2.92 bits per heavy atom. The highest BCUT2D eigenvalue weighted by atomic mass is 16.6. The third-order valence-electron chi connectivity index (χ3n) is 1.72. The van der Waals surface area contributed by atoms with Gasteiger partial charge in [-0.3, -0.25) is 10.1 Å². The summed E-state index contributed by atoms with van der Waals surface area (Å²) in [5, 5.41) is 10.4. The SMILES string of the molecule is [CH]=CCCc1cccc([N+](=O)[O-])c1. The predicted molar refractivity (Wildman–Crippen MR) is 50.3 cm³/mol. The molecule has 13 heavy (non-hydrogen) atoms. The summed E-state index contributed by atoms with van der Waals surface area (Å²) in [5.41, 5.74) is 1.07. The largest absolute Gasteiger partial charge is 0.269 e. The lowest BCUT2D eigenvalue weighted by Crippen LogP contribution is -1.90. The second kappa shape index (κ2) is 4.40. The minimum Gasteiger partial charge on any atom is -0.258 e. The fraction of sp³-hybridized carbons (Fsp3) is 0.200. The van der Waals surface area contributed by atoms with Gasteiger partial charge in [-0.2, -0.15) is 0 Å². The number of nitro groups is 1. The van der Waals surface area contributed by atoms with Gasteiger partial charge in [-0.05, 0) is 18.4 Å². The average Bonchev–Trinajstić information content (AvgIpc) is 2.15. The molecule has 67 valence electrons. The maximum absolute atomic E-state index is 10.4. The van der Waals surface area contributed by atoms with Crippen molar-refractivity contribution in [1.29, 1.82) is 0 Å². The van der Waals surface area contributed by atoms with Crippen LogP contribution in [0.2, 0.25) is 0 Å². The van der Waals surface area contributed by atoms with Crippen LogP contribution in [0.3, 0.4) is 0 Å². The number of nitro benzene ring substituents is 1. The van der Waals surface area contributed by atoms with E-state index in [0.717, 1.165) is 18.4 Å². The molecule has 1 aromatic rings. The molecule has 1 rings (SSSR count). The zero-order valence-electron chi connectivity index (χ0n) is 7.14. The summed E-state index contributed by atoms with van der Waals surface area (Å²) in [6, 6.07) is 6.60. The maximum atomic E-state index is 10.4. The topological polar surface area (TPSA) is 43.1 Å². The molecule has 0 aliphatic heterocycles. The molecule has 0 bridgehead atoms. The van der Waals surface area contributed by atoms with Crippen molar-refractivity contribution in [3.8, 4) is 0 Å². The van der Waals surface area contributed by atoms with E-state index in [1.54, 1.807) is 18.2 Å². The Morgan fingerprint density at radius 2 is 2.31 bits per heavy atom. The second-order valence-electron chi connectivity index (χ2n) is 2.70. The number of allylic oxidation sites excluding steroid dienone is 1. The first kappa shape index (κ1) is 9.45. The lowest BCUT2D eigenvalue weighted by molar-refractivity contribution is -0.384. The molecule has 0 spiro atoms. The van der Waals surface area contributed by atoms with E-state index in [2.05, 4.69) is 0 Å². The first-order valence-corrected chi connectivity index (χ1v) is 4.01. The van der Waals surface area contributed by atoms with Crippen molar-refractivity contribution in [2.45, 2.75) is 12.8 Å². The summed E-state index contributed by atoms with van der Waals surface area (Å²) in [6.07, 6.45) is 3.04. The molecular weight excluding hydrogens is 166 g/mol. The average molecular weight is 176 g/mol. The zero-order valence-corrected chi connectivity index (χ0v) is 7.14. The van der Waals surface area contributed by atoms with Crippen molar-refractivity contribution >= 4 is 5.69 Å². The molecule has 0 aliphatic carbocycles. The molecule has 0 saturated carbocycles. The molecule has 1 radical (unpaired) electrons. The Kier molecular flexibility index (Phi) is 3.20. The van der Waals surface area contributed by atoms with Crippen molar-refractivity contribution in [3.63, 3.8) is 0 Å². The molecule has 0 N–H and O–H groups in total. The van der Waals surface area contributed by atoms with E-state index in [1.165, 1.54) is 6.07 Å². The van der Waals surface area contributed by atoms with Crippen LogP contribution in [-0.2, 0) is 6.42 Å². The highest BCUT2D eigenvalue weighted by Gasteiger charge is 2.04. The monoisotopic (exact) mass is 176 g/mol. The van der Waals surface area contributed by atoms with E-state index in [9.17, 15) is 10.1 Å². The first-order valence-electron chi connectivity index (χ1n) is 4.01. The molecule has 3 heteroatoms. The molecule has 3 nitrogen and oxygen atoms in total. The van der Waals surface area contributed by atoms with Gasteiger partial charge in [0.1, 0.15) is 0 Å².